The van der Waals surface area contributed by atoms with Gasteiger partial charge in [-0.2, -0.15) is 0 Å². The van der Waals surface area contributed by atoms with Gasteiger partial charge >= 0.3 is 5.97 Å². The van der Waals surface area contributed by atoms with Gasteiger partial charge in [0, 0.05) is 22.1 Å². The fourth-order valence-electron chi connectivity index (χ4n) is 3.21. The van der Waals surface area contributed by atoms with E-state index in [0.29, 0.717) is 17.2 Å². The van der Waals surface area contributed by atoms with Gasteiger partial charge in [0.25, 0.3) is 5.91 Å². The van der Waals surface area contributed by atoms with Gasteiger partial charge in [-0.1, -0.05) is 31.9 Å². The maximum Gasteiger partial charge on any atom is 0.339 e. The minimum atomic E-state index is -0.469. The molecule has 0 spiro atoms. The van der Waals surface area contributed by atoms with Crippen molar-refractivity contribution in [2.45, 2.75) is 49.3 Å². The van der Waals surface area contributed by atoms with Crippen LogP contribution < -0.4 is 5.32 Å². The molecule has 1 aromatic carbocycles. The Morgan fingerprint density at radius 2 is 2.11 bits per heavy atom. The second-order valence-electron chi connectivity index (χ2n) is 6.78. The number of benzene rings is 1. The first kappa shape index (κ1) is 19.9. The predicted molar refractivity (Wildman–Crippen MR) is 108 cm³/mol. The molecule has 0 saturated heterocycles. The van der Waals surface area contributed by atoms with E-state index < -0.39 is 5.97 Å². The molecule has 1 aliphatic carbocycles. The van der Waals surface area contributed by atoms with Crippen molar-refractivity contribution >= 4 is 35.0 Å². The summed E-state index contributed by atoms with van der Waals surface area (Å²) in [6.07, 6.45) is 4.49. The van der Waals surface area contributed by atoms with Crippen LogP contribution in [-0.2, 0) is 15.3 Å². The lowest BCUT2D eigenvalue weighted by Gasteiger charge is -2.29. The first-order valence-electron chi connectivity index (χ1n) is 9.19. The molecule has 0 aliphatic heterocycles. The number of amides is 1. The average molecular weight is 405 g/mol. The number of nitrogens with zero attached hydrogens (tertiary/aromatic N) is 1. The molecule has 7 heteroatoms. The summed E-state index contributed by atoms with van der Waals surface area (Å²) in [5.41, 5.74) is 3.26. The van der Waals surface area contributed by atoms with Crippen molar-refractivity contribution in [2.24, 2.45) is 5.92 Å². The molecule has 0 unspecified atom stereocenters. The van der Waals surface area contributed by atoms with Gasteiger partial charge < -0.3 is 10.1 Å². The Balaban J connectivity index is 1.52. The van der Waals surface area contributed by atoms with Crippen molar-refractivity contribution in [1.82, 2.24) is 10.3 Å². The fourth-order valence-corrected chi connectivity index (χ4v) is 4.82. The molecule has 1 aromatic heterocycles. The first-order valence-corrected chi connectivity index (χ1v) is 11.1. The van der Waals surface area contributed by atoms with Gasteiger partial charge in [0.2, 0.25) is 0 Å². The molecular formula is C20H24N2O3S2. The van der Waals surface area contributed by atoms with Crippen LogP contribution in [0.5, 0.6) is 0 Å². The molecule has 1 heterocycles. The number of esters is 1. The number of nitrogens with one attached hydrogen (secondary N) is 1. The zero-order valence-corrected chi connectivity index (χ0v) is 17.0. The Hall–Kier alpha value is -1.86. The highest BCUT2D eigenvalue weighted by molar-refractivity contribution is 7.98. The number of thiazole rings is 1. The quantitative estimate of drug-likeness (QED) is 0.551. The average Bonchev–Trinajstić information content (AvgIpc) is 3.20. The van der Waals surface area contributed by atoms with Crippen molar-refractivity contribution in [2.75, 3.05) is 6.61 Å². The summed E-state index contributed by atoms with van der Waals surface area (Å²) < 4.78 is 5.27. The number of ether oxygens (including phenoxy) is 1. The van der Waals surface area contributed by atoms with E-state index in [2.05, 4.69) is 17.2 Å². The maximum atomic E-state index is 12.5. The van der Waals surface area contributed by atoms with Gasteiger partial charge in [-0.3, -0.25) is 4.79 Å². The molecule has 0 bridgehead atoms. The van der Waals surface area contributed by atoms with Gasteiger partial charge in [-0.15, -0.1) is 23.1 Å². The van der Waals surface area contributed by atoms with Gasteiger partial charge in [0.05, 0.1) is 16.8 Å². The molecule has 2 atom stereocenters. The Morgan fingerprint density at radius 3 is 2.89 bits per heavy atom. The molecular weight excluding hydrogens is 380 g/mol. The molecule has 1 saturated carbocycles. The Labute approximate surface area is 167 Å². The highest BCUT2D eigenvalue weighted by Gasteiger charge is 2.23. The molecule has 2 aromatic rings. The SMILES string of the molecule is C[C@H]1CCCC[C@@H]1NC(=O)COC(=O)c1ccccc1SCc1cscn1. The summed E-state index contributed by atoms with van der Waals surface area (Å²) in [7, 11) is 0. The van der Waals surface area contributed by atoms with E-state index in [1.807, 2.05) is 17.5 Å². The Morgan fingerprint density at radius 1 is 1.30 bits per heavy atom. The zero-order chi connectivity index (χ0) is 19.1. The summed E-state index contributed by atoms with van der Waals surface area (Å²) in [6, 6.07) is 7.49. The predicted octanol–water partition coefficient (Wildman–Crippen LogP) is 4.29. The van der Waals surface area contributed by atoms with Gasteiger partial charge in [-0.25, -0.2) is 9.78 Å². The van der Waals surface area contributed by atoms with Crippen molar-refractivity contribution < 1.29 is 14.3 Å². The highest BCUT2D eigenvalue weighted by atomic mass is 32.2. The van der Waals surface area contributed by atoms with Crippen molar-refractivity contribution in [3.63, 3.8) is 0 Å². The van der Waals surface area contributed by atoms with E-state index in [1.165, 1.54) is 18.2 Å². The second-order valence-corrected chi connectivity index (χ2v) is 8.51. The van der Waals surface area contributed by atoms with E-state index >= 15 is 0 Å². The van der Waals surface area contributed by atoms with Crippen LogP contribution in [0.4, 0.5) is 0 Å². The van der Waals surface area contributed by atoms with E-state index in [0.717, 1.165) is 29.9 Å². The zero-order valence-electron chi connectivity index (χ0n) is 15.3. The normalized spacial score (nSPS) is 19.4. The number of aromatic nitrogens is 1. The lowest BCUT2D eigenvalue weighted by molar-refractivity contribution is -0.125. The fraction of sp³-hybridized carbons (Fsp3) is 0.450. The van der Waals surface area contributed by atoms with Gasteiger partial charge in [0.15, 0.2) is 6.61 Å². The molecule has 3 rings (SSSR count). The van der Waals surface area contributed by atoms with Gasteiger partial charge in [-0.05, 0) is 30.9 Å². The number of rotatable bonds is 7. The van der Waals surface area contributed by atoms with Crippen LogP contribution in [0.1, 0.15) is 48.7 Å². The molecule has 1 aliphatic rings. The summed E-state index contributed by atoms with van der Waals surface area (Å²) in [6.45, 7) is 1.92. The van der Waals surface area contributed by atoms with Crippen LogP contribution in [0.15, 0.2) is 40.1 Å². The van der Waals surface area contributed by atoms with Crippen LogP contribution >= 0.6 is 23.1 Å². The second kappa shape index (κ2) is 9.90. The standard InChI is InChI=1S/C20H24N2O3S2/c1-14-6-2-4-8-17(14)22-19(23)10-25-20(24)16-7-3-5-9-18(16)27-12-15-11-26-13-21-15/h3,5,7,9,11,13-14,17H,2,4,6,8,10,12H2,1H3,(H,22,23)/t14-,17-/m0/s1. The monoisotopic (exact) mass is 404 g/mol. The molecule has 27 heavy (non-hydrogen) atoms. The van der Waals surface area contributed by atoms with E-state index in [-0.39, 0.29) is 18.6 Å². The number of carbonyl (C=O) groups excluding carboxylic acids is 2. The number of hydrogen-bond donors (Lipinski definition) is 1. The number of hydrogen-bond acceptors (Lipinski definition) is 6. The minimum absolute atomic E-state index is 0.186. The molecule has 144 valence electrons. The first-order chi connectivity index (χ1) is 13.1. The van der Waals surface area contributed by atoms with Crippen LogP contribution in [-0.4, -0.2) is 29.5 Å². The van der Waals surface area contributed by atoms with Crippen molar-refractivity contribution in [3.8, 4) is 0 Å². The van der Waals surface area contributed by atoms with E-state index in [4.69, 9.17) is 4.74 Å². The van der Waals surface area contributed by atoms with Crippen LogP contribution in [0, 0.1) is 5.92 Å². The molecule has 5 nitrogen and oxygen atoms in total. The van der Waals surface area contributed by atoms with Crippen LogP contribution in [0.3, 0.4) is 0 Å². The number of thioether (sulfide) groups is 1. The third kappa shape index (κ3) is 5.81. The Bertz CT molecular complexity index is 764. The maximum absolute atomic E-state index is 12.5. The summed E-state index contributed by atoms with van der Waals surface area (Å²) >= 11 is 3.09. The largest absolute Gasteiger partial charge is 0.452 e. The van der Waals surface area contributed by atoms with Gasteiger partial charge in [0.1, 0.15) is 0 Å². The third-order valence-electron chi connectivity index (χ3n) is 4.76. The van der Waals surface area contributed by atoms with Crippen LogP contribution in [0.25, 0.3) is 0 Å². The van der Waals surface area contributed by atoms with E-state index in [1.54, 1.807) is 29.0 Å². The highest BCUT2D eigenvalue weighted by Crippen LogP contribution is 2.27. The van der Waals surface area contributed by atoms with Crippen molar-refractivity contribution in [3.05, 3.63) is 46.4 Å². The molecule has 1 amide bonds. The smallest absolute Gasteiger partial charge is 0.339 e. The topological polar surface area (TPSA) is 68.3 Å². The van der Waals surface area contributed by atoms with Crippen LogP contribution in [0.2, 0.25) is 0 Å². The lowest BCUT2D eigenvalue weighted by atomic mass is 9.86. The third-order valence-corrected chi connectivity index (χ3v) is 6.50. The summed E-state index contributed by atoms with van der Waals surface area (Å²) in [5, 5.41) is 5.00. The summed E-state index contributed by atoms with van der Waals surface area (Å²) in [5.74, 6) is 0.465. The Kier molecular flexibility index (Phi) is 7.29. The van der Waals surface area contributed by atoms with Crippen molar-refractivity contribution in [1.29, 1.82) is 0 Å². The molecule has 1 fully saturated rings. The minimum Gasteiger partial charge on any atom is -0.452 e. The molecule has 1 N–H and O–H groups in total. The molecule has 0 radical (unpaired) electrons. The summed E-state index contributed by atoms with van der Waals surface area (Å²) in [4.78, 5) is 29.7. The lowest BCUT2D eigenvalue weighted by Crippen LogP contribution is -2.42. The van der Waals surface area contributed by atoms with E-state index in [9.17, 15) is 9.59 Å². The number of carbonyl (C=O) groups is 2.